The predicted octanol–water partition coefficient (Wildman–Crippen LogP) is -6.60. The summed E-state index contributed by atoms with van der Waals surface area (Å²) in [7, 11) is -1.25. The molecule has 0 heterocycles. The smallest absolute Gasteiger partial charge is 0.857 e. The molecule has 0 rings (SSSR count). The first kappa shape index (κ1) is 31.4. The van der Waals surface area contributed by atoms with Gasteiger partial charge in [0.25, 0.3) is 0 Å². The molecule has 6 heavy (non-hydrogen) atoms. The molecule has 4 nitrogen and oxygen atoms in total. The van der Waals surface area contributed by atoms with Gasteiger partial charge in [-0.15, -0.1) is 0 Å². The summed E-state index contributed by atoms with van der Waals surface area (Å²) in [6.07, 6.45) is 0. The number of rotatable bonds is 0. The van der Waals surface area contributed by atoms with Crippen molar-refractivity contribution < 1.29 is 39.9 Å². The standard InChI is InChI=1S/BHO2.Li.2H2O/c2-1-3;;;/h1H;;2*1H2/q-1;+1;;. The van der Waals surface area contributed by atoms with E-state index in [0.717, 1.165) is 0 Å². The van der Waals surface area contributed by atoms with Crippen molar-refractivity contribution in [1.29, 1.82) is 0 Å². The zero-order valence-electron chi connectivity index (χ0n) is 3.52. The van der Waals surface area contributed by atoms with Gasteiger partial charge in [0.1, 0.15) is 0 Å². The van der Waals surface area contributed by atoms with E-state index in [2.05, 4.69) is 0 Å². The van der Waals surface area contributed by atoms with Gasteiger partial charge in [0.05, 0.1) is 0 Å². The minimum atomic E-state index is -1.25. The van der Waals surface area contributed by atoms with E-state index in [-0.39, 0.29) is 29.8 Å². The molecule has 0 saturated heterocycles. The van der Waals surface area contributed by atoms with Crippen molar-refractivity contribution >= 4 is 7.69 Å². The maximum atomic E-state index is 8.38. The average Bonchev–Trinajstić information content (AvgIpc) is 0.918. The van der Waals surface area contributed by atoms with Crippen LogP contribution in [0.2, 0.25) is 0 Å². The maximum Gasteiger partial charge on any atom is 1.00 e. The van der Waals surface area contributed by atoms with E-state index in [4.69, 9.17) is 10.0 Å². The molecule has 0 aromatic rings. The van der Waals surface area contributed by atoms with Gasteiger partial charge in [-0.1, -0.05) is 0 Å². The molecule has 0 aliphatic rings. The first-order valence-electron chi connectivity index (χ1n) is 0.577. The van der Waals surface area contributed by atoms with Gasteiger partial charge < -0.3 is 21.0 Å². The van der Waals surface area contributed by atoms with Crippen molar-refractivity contribution in [3.63, 3.8) is 0 Å². The van der Waals surface area contributed by atoms with E-state index in [1.54, 1.807) is 0 Å². The van der Waals surface area contributed by atoms with Crippen LogP contribution >= 0.6 is 0 Å². The molecule has 1 radical (unpaired) electrons. The molecule has 0 bridgehead atoms. The largest absolute Gasteiger partial charge is 1.00 e. The van der Waals surface area contributed by atoms with E-state index in [9.17, 15) is 0 Å². The monoisotopic (exact) mass is 87.0 g/mol. The van der Waals surface area contributed by atoms with Gasteiger partial charge >= 0.3 is 18.9 Å². The first-order valence-corrected chi connectivity index (χ1v) is 0.577. The Bertz CT molecular complexity index is 7.51. The van der Waals surface area contributed by atoms with Gasteiger partial charge in [-0.3, -0.25) is 0 Å². The van der Waals surface area contributed by atoms with Gasteiger partial charge in [0.2, 0.25) is 7.69 Å². The van der Waals surface area contributed by atoms with Gasteiger partial charge in [-0.05, 0) is 0 Å². The summed E-state index contributed by atoms with van der Waals surface area (Å²) in [6, 6.07) is 0. The van der Waals surface area contributed by atoms with E-state index in [0.29, 0.717) is 0 Å². The normalized spacial score (nSPS) is 2.33. The minimum Gasteiger partial charge on any atom is -0.857 e. The van der Waals surface area contributed by atoms with Crippen molar-refractivity contribution in [2.24, 2.45) is 0 Å². The summed E-state index contributed by atoms with van der Waals surface area (Å²) in [4.78, 5) is 0. The second-order valence-electron chi connectivity index (χ2n) is 0.118. The van der Waals surface area contributed by atoms with E-state index >= 15 is 0 Å². The zero-order valence-corrected chi connectivity index (χ0v) is 3.52. The van der Waals surface area contributed by atoms with Crippen molar-refractivity contribution in [1.82, 2.24) is 0 Å². The van der Waals surface area contributed by atoms with Crippen LogP contribution in [0.5, 0.6) is 0 Å². The van der Waals surface area contributed by atoms with Crippen LogP contribution in [0.3, 0.4) is 0 Å². The van der Waals surface area contributed by atoms with E-state index < -0.39 is 7.69 Å². The van der Waals surface area contributed by atoms with E-state index in [1.165, 1.54) is 0 Å². The van der Waals surface area contributed by atoms with Crippen LogP contribution in [0.4, 0.5) is 0 Å². The molecule has 0 spiro atoms. The fraction of sp³-hybridized carbons (Fsp3) is 0. The minimum absolute atomic E-state index is 0. The fourth-order valence-electron chi connectivity index (χ4n) is 0. The van der Waals surface area contributed by atoms with Crippen LogP contribution < -0.4 is 23.9 Å². The summed E-state index contributed by atoms with van der Waals surface area (Å²) in [5.41, 5.74) is 0. The Labute approximate surface area is 48.3 Å². The summed E-state index contributed by atoms with van der Waals surface area (Å²) in [5.74, 6) is 0. The molecular formula is H5BLiO4. The van der Waals surface area contributed by atoms with Gasteiger partial charge in [0.15, 0.2) is 0 Å². The van der Waals surface area contributed by atoms with Gasteiger partial charge in [0, 0.05) is 0 Å². The quantitative estimate of drug-likeness (QED) is 0.269. The molecule has 0 unspecified atom stereocenters. The Morgan fingerprint density at radius 3 is 1.33 bits per heavy atom. The van der Waals surface area contributed by atoms with Crippen LogP contribution in [-0.4, -0.2) is 18.6 Å². The molecule has 0 atom stereocenters. The van der Waals surface area contributed by atoms with Crippen LogP contribution in [-0.2, 0) is 5.02 Å². The molecule has 0 fully saturated rings. The van der Waals surface area contributed by atoms with Gasteiger partial charge in [-0.25, -0.2) is 0 Å². The molecule has 0 aliphatic heterocycles. The van der Waals surface area contributed by atoms with Crippen molar-refractivity contribution in [2.75, 3.05) is 0 Å². The Morgan fingerprint density at radius 2 is 1.33 bits per heavy atom. The molecule has 0 aromatic carbocycles. The van der Waals surface area contributed by atoms with Crippen LogP contribution in [0.25, 0.3) is 0 Å². The summed E-state index contributed by atoms with van der Waals surface area (Å²) < 4.78 is 0. The topological polar surface area (TPSA) is 106 Å². The Balaban J connectivity index is -0.00000000667. The van der Waals surface area contributed by atoms with Crippen LogP contribution in [0.1, 0.15) is 0 Å². The Hall–Kier alpha value is 0.502. The SMILES string of the molecule is O.O.[Li+].[O]B[O-]. The number of hydrogen-bond donors (Lipinski definition) is 0. The second kappa shape index (κ2) is 49.4. The average molecular weight is 86.8 g/mol. The molecule has 0 saturated carbocycles. The molecule has 4 N–H and O–H groups in total. The molecule has 0 amide bonds. The molecule has 6 heteroatoms. The third kappa shape index (κ3) is 219. The molecule has 33 valence electrons. The summed E-state index contributed by atoms with van der Waals surface area (Å²) in [6.45, 7) is 0. The van der Waals surface area contributed by atoms with E-state index in [1.807, 2.05) is 0 Å². The Morgan fingerprint density at radius 1 is 1.33 bits per heavy atom. The molecule has 0 aromatic heterocycles. The fourth-order valence-corrected chi connectivity index (χ4v) is 0. The Kier molecular flexibility index (Phi) is 259. The maximum absolute atomic E-state index is 8.38. The van der Waals surface area contributed by atoms with Gasteiger partial charge in [-0.2, -0.15) is 0 Å². The predicted molar refractivity (Wildman–Crippen MR) is 15.1 cm³/mol. The van der Waals surface area contributed by atoms with Crippen molar-refractivity contribution in [2.45, 2.75) is 0 Å². The molecular weight excluding hydrogens is 81.7 g/mol. The number of hydrogen-bond acceptors (Lipinski definition) is 1. The van der Waals surface area contributed by atoms with Crippen molar-refractivity contribution in [3.8, 4) is 0 Å². The summed E-state index contributed by atoms with van der Waals surface area (Å²) in [5, 5.41) is 16.8. The van der Waals surface area contributed by atoms with Crippen LogP contribution in [0.15, 0.2) is 0 Å². The molecule has 0 aliphatic carbocycles. The summed E-state index contributed by atoms with van der Waals surface area (Å²) >= 11 is 0. The third-order valence-corrected chi connectivity index (χ3v) is 0. The third-order valence-electron chi connectivity index (χ3n) is 0. The zero-order chi connectivity index (χ0) is 2.71. The van der Waals surface area contributed by atoms with Crippen molar-refractivity contribution in [3.05, 3.63) is 0 Å². The first-order chi connectivity index (χ1) is 1.41. The van der Waals surface area contributed by atoms with Crippen LogP contribution in [0, 0.1) is 0 Å². The second-order valence-corrected chi connectivity index (χ2v) is 0.118.